The third-order valence-corrected chi connectivity index (χ3v) is 4.02. The van der Waals surface area contributed by atoms with Crippen molar-refractivity contribution in [1.29, 1.82) is 0 Å². The lowest BCUT2D eigenvalue weighted by Gasteiger charge is -2.03. The number of halogens is 3. The van der Waals surface area contributed by atoms with Crippen molar-refractivity contribution in [2.75, 3.05) is 16.9 Å². The predicted octanol–water partition coefficient (Wildman–Crippen LogP) is 1.80. The highest BCUT2D eigenvalue weighted by atomic mass is 32.2. The number of nitrogens with two attached hydrogens (primary N) is 1. The molecule has 0 spiro atoms. The molecule has 0 aromatic carbocycles. The van der Waals surface area contributed by atoms with Crippen LogP contribution < -0.4 is 11.2 Å². The van der Waals surface area contributed by atoms with E-state index >= 15 is 0 Å². The zero-order chi connectivity index (χ0) is 14.8. The Morgan fingerprint density at radius 3 is 2.80 bits per heavy atom. The van der Waals surface area contributed by atoms with Crippen molar-refractivity contribution in [3.8, 4) is 0 Å². The number of hydrogen-bond acceptors (Lipinski definition) is 6. The van der Waals surface area contributed by atoms with Crippen LogP contribution in [0.4, 0.5) is 18.2 Å². The first kappa shape index (κ1) is 14.7. The molecule has 2 aromatic heterocycles. The summed E-state index contributed by atoms with van der Waals surface area (Å²) in [5.74, 6) is 4.96. The van der Waals surface area contributed by atoms with E-state index in [9.17, 15) is 18.0 Å². The van der Waals surface area contributed by atoms with Gasteiger partial charge in [-0.3, -0.25) is 4.79 Å². The maximum absolute atomic E-state index is 12.4. The maximum atomic E-state index is 12.4. The van der Waals surface area contributed by atoms with Crippen molar-refractivity contribution in [3.05, 3.63) is 23.3 Å². The number of hydrogen-bond donors (Lipinski definition) is 2. The Morgan fingerprint density at radius 1 is 1.50 bits per heavy atom. The van der Waals surface area contributed by atoms with Gasteiger partial charge in [0.15, 0.2) is 0 Å². The molecule has 2 heterocycles. The summed E-state index contributed by atoms with van der Waals surface area (Å²) in [6.07, 6.45) is -3.13. The molecule has 0 unspecified atom stereocenters. The van der Waals surface area contributed by atoms with Gasteiger partial charge in [0.2, 0.25) is 11.1 Å². The van der Waals surface area contributed by atoms with Gasteiger partial charge in [-0.15, -0.1) is 21.5 Å². The Bertz CT molecular complexity index is 609. The second-order valence-electron chi connectivity index (χ2n) is 3.52. The molecule has 108 valence electrons. The summed E-state index contributed by atoms with van der Waals surface area (Å²) in [5, 5.41) is 10.0. The minimum absolute atomic E-state index is 0.0326. The van der Waals surface area contributed by atoms with Crippen molar-refractivity contribution in [2.45, 2.75) is 11.3 Å². The van der Waals surface area contributed by atoms with Crippen LogP contribution in [0, 0.1) is 0 Å². The highest BCUT2D eigenvalue weighted by Gasteiger charge is 2.32. The number of anilines is 1. The van der Waals surface area contributed by atoms with Gasteiger partial charge in [-0.25, -0.2) is 4.68 Å². The summed E-state index contributed by atoms with van der Waals surface area (Å²) < 4.78 is 38.3. The summed E-state index contributed by atoms with van der Waals surface area (Å²) in [6, 6.07) is 2.13. The summed E-state index contributed by atoms with van der Waals surface area (Å²) in [6.45, 7) is 0. The van der Waals surface area contributed by atoms with Crippen LogP contribution in [0.15, 0.2) is 23.6 Å². The first-order chi connectivity index (χ1) is 9.36. The number of nitrogens with one attached hydrogen (secondary N) is 1. The van der Waals surface area contributed by atoms with E-state index in [2.05, 4.69) is 15.5 Å². The number of alkyl halides is 3. The van der Waals surface area contributed by atoms with Crippen LogP contribution in [0.25, 0.3) is 0 Å². The molecule has 0 fully saturated rings. The SMILES string of the molecule is Nn1cnnc1SCC(=O)Nc1ccc(C(F)(F)F)s1. The molecule has 20 heavy (non-hydrogen) atoms. The number of nitrogens with zero attached hydrogens (tertiary/aromatic N) is 3. The molecular formula is C9H8F3N5OS2. The number of rotatable bonds is 4. The minimum atomic E-state index is -4.40. The highest BCUT2D eigenvalue weighted by molar-refractivity contribution is 7.99. The lowest BCUT2D eigenvalue weighted by atomic mass is 10.4. The van der Waals surface area contributed by atoms with Crippen molar-refractivity contribution in [1.82, 2.24) is 14.9 Å². The van der Waals surface area contributed by atoms with Crippen LogP contribution >= 0.6 is 23.1 Å². The molecule has 0 bridgehead atoms. The van der Waals surface area contributed by atoms with Crippen LogP contribution in [-0.4, -0.2) is 26.5 Å². The smallest absolute Gasteiger partial charge is 0.336 e. The number of aromatic nitrogens is 3. The van der Waals surface area contributed by atoms with Crippen LogP contribution in [0.2, 0.25) is 0 Å². The van der Waals surface area contributed by atoms with Gasteiger partial charge in [0.25, 0.3) is 0 Å². The number of carbonyl (C=O) groups is 1. The van der Waals surface area contributed by atoms with Gasteiger partial charge in [-0.1, -0.05) is 11.8 Å². The molecule has 0 radical (unpaired) electrons. The molecule has 0 atom stereocenters. The minimum Gasteiger partial charge on any atom is -0.336 e. The first-order valence-corrected chi connectivity index (χ1v) is 6.91. The molecule has 0 saturated carbocycles. The van der Waals surface area contributed by atoms with E-state index in [-0.39, 0.29) is 10.8 Å². The number of amides is 1. The molecule has 6 nitrogen and oxygen atoms in total. The number of thioether (sulfide) groups is 1. The fourth-order valence-corrected chi connectivity index (χ4v) is 2.62. The Kier molecular flexibility index (Phi) is 4.18. The third-order valence-electron chi connectivity index (χ3n) is 2.02. The highest BCUT2D eigenvalue weighted by Crippen LogP contribution is 2.36. The maximum Gasteiger partial charge on any atom is 0.425 e. The third kappa shape index (κ3) is 3.63. The molecular weight excluding hydrogens is 315 g/mol. The Balaban J connectivity index is 1.89. The average molecular weight is 323 g/mol. The second kappa shape index (κ2) is 5.71. The van der Waals surface area contributed by atoms with E-state index in [4.69, 9.17) is 5.84 Å². The first-order valence-electron chi connectivity index (χ1n) is 5.11. The molecule has 0 saturated heterocycles. The van der Waals surface area contributed by atoms with E-state index in [1.165, 1.54) is 12.4 Å². The van der Waals surface area contributed by atoms with Crippen molar-refractivity contribution in [3.63, 3.8) is 0 Å². The van der Waals surface area contributed by atoms with Crippen molar-refractivity contribution in [2.24, 2.45) is 0 Å². The van der Waals surface area contributed by atoms with E-state index in [0.717, 1.165) is 22.5 Å². The van der Waals surface area contributed by atoms with Gasteiger partial charge < -0.3 is 11.2 Å². The molecule has 0 aliphatic carbocycles. The van der Waals surface area contributed by atoms with E-state index in [1.54, 1.807) is 0 Å². The number of carbonyl (C=O) groups excluding carboxylic acids is 1. The second-order valence-corrected chi connectivity index (χ2v) is 5.55. The van der Waals surface area contributed by atoms with Gasteiger partial charge in [-0.05, 0) is 12.1 Å². The Morgan fingerprint density at radius 2 is 2.25 bits per heavy atom. The van der Waals surface area contributed by atoms with Crippen LogP contribution in [0.1, 0.15) is 4.88 Å². The molecule has 2 rings (SSSR count). The van der Waals surface area contributed by atoms with Crippen LogP contribution in [0.5, 0.6) is 0 Å². The fraction of sp³-hybridized carbons (Fsp3) is 0.222. The largest absolute Gasteiger partial charge is 0.425 e. The number of nitrogen functional groups attached to an aromatic ring is 1. The molecule has 1 amide bonds. The zero-order valence-electron chi connectivity index (χ0n) is 9.72. The summed E-state index contributed by atoms with van der Waals surface area (Å²) >= 11 is 1.50. The topological polar surface area (TPSA) is 85.8 Å². The average Bonchev–Trinajstić information content (AvgIpc) is 2.95. The number of thiophene rings is 1. The molecule has 3 N–H and O–H groups in total. The standard InChI is InChI=1S/C9H8F3N5OS2/c10-9(11,12)5-1-2-7(20-5)15-6(18)3-19-8-16-14-4-17(8)13/h1-2,4H,3,13H2,(H,15,18). The Labute approximate surface area is 119 Å². The Hall–Kier alpha value is -1.75. The van der Waals surface area contributed by atoms with Crippen molar-refractivity contribution >= 4 is 34.0 Å². The van der Waals surface area contributed by atoms with E-state index < -0.39 is 17.0 Å². The zero-order valence-corrected chi connectivity index (χ0v) is 11.3. The van der Waals surface area contributed by atoms with Gasteiger partial charge in [0.05, 0.1) is 10.8 Å². The van der Waals surface area contributed by atoms with E-state index in [1.807, 2.05) is 0 Å². The molecule has 2 aromatic rings. The van der Waals surface area contributed by atoms with Crippen LogP contribution in [0.3, 0.4) is 0 Å². The molecule has 0 aliphatic rings. The monoisotopic (exact) mass is 323 g/mol. The predicted molar refractivity (Wildman–Crippen MR) is 68.8 cm³/mol. The normalized spacial score (nSPS) is 11.6. The van der Waals surface area contributed by atoms with Gasteiger partial charge in [0, 0.05) is 0 Å². The summed E-state index contributed by atoms with van der Waals surface area (Å²) in [4.78, 5) is 10.8. The molecule has 0 aliphatic heterocycles. The lowest BCUT2D eigenvalue weighted by Crippen LogP contribution is -2.15. The van der Waals surface area contributed by atoms with Gasteiger partial charge >= 0.3 is 6.18 Å². The lowest BCUT2D eigenvalue weighted by molar-refractivity contribution is -0.134. The van der Waals surface area contributed by atoms with Crippen molar-refractivity contribution < 1.29 is 18.0 Å². The summed E-state index contributed by atoms with van der Waals surface area (Å²) in [5.41, 5.74) is 0. The quantitative estimate of drug-likeness (QED) is 0.662. The summed E-state index contributed by atoms with van der Waals surface area (Å²) in [7, 11) is 0. The fourth-order valence-electron chi connectivity index (χ4n) is 1.20. The molecule has 11 heteroatoms. The van der Waals surface area contributed by atoms with Crippen LogP contribution in [-0.2, 0) is 11.0 Å². The van der Waals surface area contributed by atoms with E-state index in [0.29, 0.717) is 16.5 Å². The van der Waals surface area contributed by atoms with Gasteiger partial charge in [-0.2, -0.15) is 13.2 Å². The van der Waals surface area contributed by atoms with Gasteiger partial charge in [0.1, 0.15) is 11.2 Å².